The number of halogens is 1. The van der Waals surface area contributed by atoms with Crippen LogP contribution in [0.5, 0.6) is 0 Å². The second kappa shape index (κ2) is 4.97. The van der Waals surface area contributed by atoms with Crippen molar-refractivity contribution < 1.29 is 5.11 Å². The van der Waals surface area contributed by atoms with Gasteiger partial charge in [0.2, 0.25) is 0 Å². The van der Waals surface area contributed by atoms with E-state index in [9.17, 15) is 5.11 Å². The van der Waals surface area contributed by atoms with Crippen molar-refractivity contribution in [2.75, 3.05) is 13.1 Å². The first-order chi connectivity index (χ1) is 7.89. The highest BCUT2D eigenvalue weighted by molar-refractivity contribution is 9.11. The number of likely N-dealkylation sites (tertiary alicyclic amines) is 1. The maximum atomic E-state index is 10.1. The molecule has 17 heavy (non-hydrogen) atoms. The summed E-state index contributed by atoms with van der Waals surface area (Å²) in [5.41, 5.74) is 5.55. The van der Waals surface area contributed by atoms with Crippen LogP contribution in [0.15, 0.2) is 15.9 Å². The first-order valence-electron chi connectivity index (χ1n) is 5.86. The minimum Gasteiger partial charge on any atom is -0.389 e. The molecule has 0 spiro atoms. The quantitative estimate of drug-likeness (QED) is 0.899. The first kappa shape index (κ1) is 13.5. The Morgan fingerprint density at radius 1 is 1.59 bits per heavy atom. The molecule has 0 aliphatic carbocycles. The molecule has 1 aromatic heterocycles. The molecule has 3 atom stereocenters. The van der Waals surface area contributed by atoms with Crippen LogP contribution >= 0.6 is 27.3 Å². The molecule has 2 rings (SSSR count). The van der Waals surface area contributed by atoms with Gasteiger partial charge in [0.25, 0.3) is 0 Å². The maximum Gasteiger partial charge on any atom is 0.0758 e. The van der Waals surface area contributed by atoms with Crippen LogP contribution in [0.3, 0.4) is 0 Å². The Labute approximate surface area is 115 Å². The largest absolute Gasteiger partial charge is 0.389 e. The van der Waals surface area contributed by atoms with Crippen molar-refractivity contribution in [3.05, 3.63) is 20.8 Å². The number of thiophene rings is 1. The van der Waals surface area contributed by atoms with E-state index in [1.807, 2.05) is 13.8 Å². The lowest BCUT2D eigenvalue weighted by atomic mass is 10.1. The Balaban J connectivity index is 2.19. The zero-order valence-corrected chi connectivity index (χ0v) is 12.6. The molecule has 1 fully saturated rings. The van der Waals surface area contributed by atoms with Crippen LogP contribution in [-0.2, 0) is 0 Å². The Morgan fingerprint density at radius 2 is 2.29 bits per heavy atom. The second-order valence-electron chi connectivity index (χ2n) is 5.16. The van der Waals surface area contributed by atoms with Crippen molar-refractivity contribution in [1.29, 1.82) is 0 Å². The van der Waals surface area contributed by atoms with Gasteiger partial charge in [-0.1, -0.05) is 0 Å². The maximum absolute atomic E-state index is 10.1. The van der Waals surface area contributed by atoms with E-state index >= 15 is 0 Å². The van der Waals surface area contributed by atoms with E-state index in [2.05, 4.69) is 33.0 Å². The van der Waals surface area contributed by atoms with E-state index < -0.39 is 5.60 Å². The van der Waals surface area contributed by atoms with Crippen molar-refractivity contribution in [1.82, 2.24) is 4.90 Å². The average Bonchev–Trinajstić information content (AvgIpc) is 2.73. The molecule has 0 bridgehead atoms. The van der Waals surface area contributed by atoms with Crippen LogP contribution < -0.4 is 5.73 Å². The molecule has 1 aliphatic rings. The molecule has 1 saturated heterocycles. The van der Waals surface area contributed by atoms with Crippen molar-refractivity contribution >= 4 is 27.3 Å². The highest BCUT2D eigenvalue weighted by Gasteiger charge is 2.37. The summed E-state index contributed by atoms with van der Waals surface area (Å²) in [6.07, 6.45) is 0.822. The van der Waals surface area contributed by atoms with E-state index in [1.165, 1.54) is 4.88 Å². The summed E-state index contributed by atoms with van der Waals surface area (Å²) in [4.78, 5) is 3.56. The summed E-state index contributed by atoms with van der Waals surface area (Å²) in [6, 6.07) is 4.45. The fourth-order valence-corrected chi connectivity index (χ4v) is 4.15. The molecule has 5 heteroatoms. The first-order valence-corrected chi connectivity index (χ1v) is 7.47. The van der Waals surface area contributed by atoms with Gasteiger partial charge in [0, 0.05) is 24.0 Å². The lowest BCUT2D eigenvalue weighted by Gasteiger charge is -2.30. The van der Waals surface area contributed by atoms with E-state index in [1.54, 1.807) is 11.3 Å². The minimum atomic E-state index is -0.568. The summed E-state index contributed by atoms with van der Waals surface area (Å²) in [7, 11) is 0. The molecule has 3 nitrogen and oxygen atoms in total. The third kappa shape index (κ3) is 3.09. The van der Waals surface area contributed by atoms with Crippen LogP contribution in [-0.4, -0.2) is 34.7 Å². The summed E-state index contributed by atoms with van der Waals surface area (Å²) in [5, 5.41) is 10.1. The fourth-order valence-electron chi connectivity index (χ4n) is 2.48. The Bertz CT molecular complexity index is 392. The molecule has 0 amide bonds. The highest BCUT2D eigenvalue weighted by atomic mass is 79.9. The molecule has 1 aliphatic heterocycles. The van der Waals surface area contributed by atoms with E-state index in [-0.39, 0.29) is 12.1 Å². The monoisotopic (exact) mass is 318 g/mol. The van der Waals surface area contributed by atoms with Crippen LogP contribution in [0.4, 0.5) is 0 Å². The third-order valence-corrected chi connectivity index (χ3v) is 4.95. The van der Waals surface area contributed by atoms with Crippen LogP contribution in [0.2, 0.25) is 0 Å². The van der Waals surface area contributed by atoms with Gasteiger partial charge in [0.1, 0.15) is 0 Å². The Morgan fingerprint density at radius 3 is 2.71 bits per heavy atom. The molecule has 0 aromatic carbocycles. The molecule has 1 aromatic rings. The highest BCUT2D eigenvalue weighted by Crippen LogP contribution is 2.36. The van der Waals surface area contributed by atoms with Gasteiger partial charge in [-0.3, -0.25) is 4.90 Å². The van der Waals surface area contributed by atoms with Gasteiger partial charge in [-0.2, -0.15) is 0 Å². The molecular formula is C12H19BrN2OS. The topological polar surface area (TPSA) is 49.5 Å². The van der Waals surface area contributed by atoms with Crippen LogP contribution in [0, 0.1) is 0 Å². The summed E-state index contributed by atoms with van der Waals surface area (Å²) in [6.45, 7) is 5.55. The zero-order chi connectivity index (χ0) is 12.6. The number of rotatable bonds is 3. The predicted octanol–water partition coefficient (Wildman–Crippen LogP) is 2.36. The average molecular weight is 319 g/mol. The molecular weight excluding hydrogens is 300 g/mol. The van der Waals surface area contributed by atoms with Crippen molar-refractivity contribution in [2.45, 2.75) is 38.0 Å². The van der Waals surface area contributed by atoms with Crippen molar-refractivity contribution in [3.8, 4) is 0 Å². The molecule has 0 radical (unpaired) electrons. The van der Waals surface area contributed by atoms with Gasteiger partial charge in [-0.15, -0.1) is 11.3 Å². The van der Waals surface area contributed by atoms with Gasteiger partial charge < -0.3 is 10.8 Å². The predicted molar refractivity (Wildman–Crippen MR) is 75.2 cm³/mol. The summed E-state index contributed by atoms with van der Waals surface area (Å²) >= 11 is 5.21. The lowest BCUT2D eigenvalue weighted by molar-refractivity contribution is 0.0604. The lowest BCUT2D eigenvalue weighted by Crippen LogP contribution is -2.40. The van der Waals surface area contributed by atoms with E-state index in [4.69, 9.17) is 5.73 Å². The molecule has 0 saturated carbocycles. The normalized spacial score (nSPS) is 29.5. The van der Waals surface area contributed by atoms with Crippen molar-refractivity contribution in [3.63, 3.8) is 0 Å². The number of aliphatic hydroxyl groups is 1. The van der Waals surface area contributed by atoms with Gasteiger partial charge in [-0.25, -0.2) is 0 Å². The van der Waals surface area contributed by atoms with Gasteiger partial charge in [-0.05, 0) is 48.3 Å². The number of nitrogens with zero attached hydrogens (tertiary/aromatic N) is 1. The summed E-state index contributed by atoms with van der Waals surface area (Å²) < 4.78 is 1.13. The Hall–Kier alpha value is 0.0600. The standard InChI is InChI=1S/C12H19BrN2OS/c1-8(14)11(9-3-4-10(13)17-9)15-6-5-12(2,16)7-15/h3-4,8,11,16H,5-7,14H2,1-2H3. The molecule has 3 unspecified atom stereocenters. The molecule has 2 heterocycles. The van der Waals surface area contributed by atoms with E-state index in [0.29, 0.717) is 6.54 Å². The van der Waals surface area contributed by atoms with Gasteiger partial charge in [0.15, 0.2) is 0 Å². The summed E-state index contributed by atoms with van der Waals surface area (Å²) in [5.74, 6) is 0. The van der Waals surface area contributed by atoms with Gasteiger partial charge in [0.05, 0.1) is 15.4 Å². The number of hydrogen-bond donors (Lipinski definition) is 2. The Kier molecular flexibility index (Phi) is 3.95. The fraction of sp³-hybridized carbons (Fsp3) is 0.667. The number of hydrogen-bond acceptors (Lipinski definition) is 4. The number of nitrogens with two attached hydrogens (primary N) is 1. The zero-order valence-electron chi connectivity index (χ0n) is 10.2. The SMILES string of the molecule is CC(N)C(c1ccc(Br)s1)N1CCC(C)(O)C1. The molecule has 96 valence electrons. The third-order valence-electron chi connectivity index (χ3n) is 3.26. The van der Waals surface area contributed by atoms with Gasteiger partial charge >= 0.3 is 0 Å². The van der Waals surface area contributed by atoms with Crippen LogP contribution in [0.1, 0.15) is 31.2 Å². The second-order valence-corrected chi connectivity index (χ2v) is 7.66. The minimum absolute atomic E-state index is 0.0643. The van der Waals surface area contributed by atoms with Crippen LogP contribution in [0.25, 0.3) is 0 Å². The van der Waals surface area contributed by atoms with E-state index in [0.717, 1.165) is 16.8 Å². The smallest absolute Gasteiger partial charge is 0.0758 e. The number of β-amino-alcohol motifs (C(OH)–C–C–N with tert-alkyl or cyclic N) is 1. The van der Waals surface area contributed by atoms with Crippen molar-refractivity contribution in [2.24, 2.45) is 5.73 Å². The molecule has 3 N–H and O–H groups in total.